The summed E-state index contributed by atoms with van der Waals surface area (Å²) in [6.45, 7) is 0. The van der Waals surface area contributed by atoms with Crippen LogP contribution in [0.1, 0.15) is 11.3 Å². The molecule has 2 aromatic rings. The highest BCUT2D eigenvalue weighted by Crippen LogP contribution is 2.42. The van der Waals surface area contributed by atoms with Crippen LogP contribution in [0.4, 0.5) is 35.1 Å². The zero-order chi connectivity index (χ0) is 20.7. The maximum Gasteiger partial charge on any atom is 0.459 e. The summed E-state index contributed by atoms with van der Waals surface area (Å²) in [4.78, 5) is 14.6. The Morgan fingerprint density at radius 3 is 2.15 bits per heavy atom. The van der Waals surface area contributed by atoms with Crippen LogP contribution in [-0.2, 0) is 5.92 Å². The number of hydrogen-bond donors (Lipinski definition) is 0. The monoisotopic (exact) mass is 399 g/mol. The number of benzene rings is 1. The van der Waals surface area contributed by atoms with E-state index in [4.69, 9.17) is 5.26 Å². The van der Waals surface area contributed by atoms with Crippen molar-refractivity contribution in [3.8, 4) is 17.5 Å². The Morgan fingerprint density at radius 2 is 1.70 bits per heavy atom. The van der Waals surface area contributed by atoms with Crippen LogP contribution in [0, 0.1) is 28.8 Å². The molecular formula is C14H5F8N3O2. The normalized spacial score (nSPS) is 12.0. The van der Waals surface area contributed by atoms with Crippen molar-refractivity contribution in [2.75, 3.05) is 7.11 Å². The summed E-state index contributed by atoms with van der Waals surface area (Å²) in [7, 11) is 0.753. The molecule has 13 heteroatoms. The quantitative estimate of drug-likeness (QED) is 0.588. The Bertz CT molecular complexity index is 1010. The van der Waals surface area contributed by atoms with Crippen LogP contribution in [0.5, 0.6) is 5.75 Å². The minimum Gasteiger partial charge on any atom is -0.491 e. The first kappa shape index (κ1) is 20.1. The van der Waals surface area contributed by atoms with Gasteiger partial charge in [0.05, 0.1) is 7.11 Å². The third kappa shape index (κ3) is 3.07. The molecule has 0 bridgehead atoms. The predicted molar refractivity (Wildman–Crippen MR) is 70.9 cm³/mol. The highest BCUT2D eigenvalue weighted by Gasteiger charge is 2.60. The summed E-state index contributed by atoms with van der Waals surface area (Å²) in [5.74, 6) is -12.5. The minimum atomic E-state index is -6.08. The Labute approximate surface area is 144 Å². The van der Waals surface area contributed by atoms with Gasteiger partial charge in [-0.1, -0.05) is 0 Å². The van der Waals surface area contributed by atoms with Gasteiger partial charge < -0.3 is 4.74 Å². The number of methoxy groups -OCH3 is 1. The van der Waals surface area contributed by atoms with E-state index in [0.29, 0.717) is 0 Å². The average molecular weight is 399 g/mol. The Morgan fingerprint density at radius 1 is 1.11 bits per heavy atom. The van der Waals surface area contributed by atoms with E-state index in [1.165, 1.54) is 0 Å². The second-order valence-corrected chi connectivity index (χ2v) is 4.87. The van der Waals surface area contributed by atoms with Crippen molar-refractivity contribution in [2.24, 2.45) is 0 Å². The van der Waals surface area contributed by atoms with Crippen molar-refractivity contribution in [3.05, 3.63) is 51.5 Å². The molecule has 0 saturated heterocycles. The lowest BCUT2D eigenvalue weighted by molar-refractivity contribution is -0.291. The van der Waals surface area contributed by atoms with Gasteiger partial charge in [0.25, 0.3) is 5.56 Å². The molecule has 0 amide bonds. The molecule has 1 aromatic carbocycles. The van der Waals surface area contributed by atoms with E-state index in [0.717, 1.165) is 13.2 Å². The van der Waals surface area contributed by atoms with Crippen molar-refractivity contribution in [2.45, 2.75) is 12.1 Å². The molecule has 0 aliphatic rings. The van der Waals surface area contributed by atoms with Crippen LogP contribution >= 0.6 is 0 Å². The average Bonchev–Trinajstić information content (AvgIpc) is 2.57. The van der Waals surface area contributed by atoms with Gasteiger partial charge in [0.1, 0.15) is 29.3 Å². The maximum absolute atomic E-state index is 14.2. The van der Waals surface area contributed by atoms with Crippen LogP contribution in [-0.4, -0.2) is 22.8 Å². The van der Waals surface area contributed by atoms with Gasteiger partial charge in [0, 0.05) is 6.07 Å². The molecule has 0 saturated carbocycles. The van der Waals surface area contributed by atoms with Crippen molar-refractivity contribution < 1.29 is 39.9 Å². The van der Waals surface area contributed by atoms with E-state index in [1.54, 1.807) is 0 Å². The first-order valence-corrected chi connectivity index (χ1v) is 6.57. The standard InChI is InChI=1S/C14H5F8N3O2/c1-27-12-8(15)5(3-23)11(9(16)10(12)17)25-4-24-6(2-7(25)26)13(18,19)14(20,21)22/h2,4H,1H3. The second-order valence-electron chi connectivity index (χ2n) is 4.87. The lowest BCUT2D eigenvalue weighted by Crippen LogP contribution is -2.36. The van der Waals surface area contributed by atoms with E-state index in [2.05, 4.69) is 9.72 Å². The first-order chi connectivity index (χ1) is 12.4. The molecule has 2 rings (SSSR count). The third-order valence-electron chi connectivity index (χ3n) is 3.30. The Balaban J connectivity index is 2.79. The van der Waals surface area contributed by atoms with Crippen LogP contribution in [0.3, 0.4) is 0 Å². The highest BCUT2D eigenvalue weighted by atomic mass is 19.4. The zero-order valence-corrected chi connectivity index (χ0v) is 12.8. The van der Waals surface area contributed by atoms with Gasteiger partial charge in [-0.05, 0) is 0 Å². The lowest BCUT2D eigenvalue weighted by Gasteiger charge is -2.19. The zero-order valence-electron chi connectivity index (χ0n) is 12.8. The van der Waals surface area contributed by atoms with E-state index >= 15 is 0 Å². The fourth-order valence-corrected chi connectivity index (χ4v) is 2.02. The number of alkyl halides is 5. The molecule has 0 N–H and O–H groups in total. The van der Waals surface area contributed by atoms with E-state index < -0.39 is 57.8 Å². The molecule has 5 nitrogen and oxygen atoms in total. The van der Waals surface area contributed by atoms with Crippen LogP contribution in [0.25, 0.3) is 5.69 Å². The molecule has 144 valence electrons. The van der Waals surface area contributed by atoms with Crippen LogP contribution in [0.2, 0.25) is 0 Å². The summed E-state index contributed by atoms with van der Waals surface area (Å²) in [5.41, 5.74) is -6.40. The number of ether oxygens (including phenoxy) is 1. The molecule has 0 spiro atoms. The van der Waals surface area contributed by atoms with Gasteiger partial charge in [-0.15, -0.1) is 0 Å². The fourth-order valence-electron chi connectivity index (χ4n) is 2.02. The van der Waals surface area contributed by atoms with Crippen LogP contribution < -0.4 is 10.3 Å². The van der Waals surface area contributed by atoms with E-state index in [-0.39, 0.29) is 17.0 Å². The van der Waals surface area contributed by atoms with Gasteiger partial charge in [0.15, 0.2) is 17.4 Å². The molecule has 0 aliphatic heterocycles. The smallest absolute Gasteiger partial charge is 0.459 e. The van der Waals surface area contributed by atoms with Crippen molar-refractivity contribution in [3.63, 3.8) is 0 Å². The molecule has 27 heavy (non-hydrogen) atoms. The fraction of sp³-hybridized carbons (Fsp3) is 0.214. The number of hydrogen-bond acceptors (Lipinski definition) is 4. The minimum absolute atomic E-state index is 0.0120. The van der Waals surface area contributed by atoms with Gasteiger partial charge >= 0.3 is 12.1 Å². The number of halogens is 8. The molecule has 0 aliphatic carbocycles. The molecule has 0 fully saturated rings. The summed E-state index contributed by atoms with van der Waals surface area (Å²) >= 11 is 0. The predicted octanol–water partition coefficient (Wildman–Crippen LogP) is 3.18. The van der Waals surface area contributed by atoms with Gasteiger partial charge in [-0.2, -0.15) is 31.6 Å². The Hall–Kier alpha value is -3.17. The molecule has 0 atom stereocenters. The summed E-state index contributed by atoms with van der Waals surface area (Å²) in [6.07, 6.45) is -6.10. The SMILES string of the molecule is COc1c(F)c(F)c(-n2cnc(C(F)(F)C(F)(F)F)cc2=O)c(C#N)c1F. The first-order valence-electron chi connectivity index (χ1n) is 6.57. The Kier molecular flexibility index (Phi) is 4.87. The van der Waals surface area contributed by atoms with Crippen LogP contribution in [0.15, 0.2) is 17.2 Å². The molecule has 0 radical (unpaired) electrons. The van der Waals surface area contributed by atoms with Crippen molar-refractivity contribution in [1.82, 2.24) is 9.55 Å². The number of nitrogens with zero attached hydrogens (tertiary/aromatic N) is 3. The molecule has 0 unspecified atom stereocenters. The second kappa shape index (κ2) is 6.53. The van der Waals surface area contributed by atoms with Gasteiger partial charge in [-0.25, -0.2) is 13.8 Å². The lowest BCUT2D eigenvalue weighted by atomic mass is 10.1. The molecule has 1 heterocycles. The number of nitriles is 1. The summed E-state index contributed by atoms with van der Waals surface area (Å²) in [5, 5.41) is 8.94. The largest absolute Gasteiger partial charge is 0.491 e. The topological polar surface area (TPSA) is 67.9 Å². The summed E-state index contributed by atoms with van der Waals surface area (Å²) < 4.78 is 110. The van der Waals surface area contributed by atoms with E-state index in [9.17, 15) is 39.9 Å². The molecular weight excluding hydrogens is 394 g/mol. The number of aromatic nitrogens is 2. The summed E-state index contributed by atoms with van der Waals surface area (Å²) in [6, 6.07) is 0.827. The van der Waals surface area contributed by atoms with Gasteiger partial charge in [-0.3, -0.25) is 9.36 Å². The maximum atomic E-state index is 14.2. The molecule has 1 aromatic heterocycles. The van der Waals surface area contributed by atoms with E-state index in [1.807, 2.05) is 0 Å². The third-order valence-corrected chi connectivity index (χ3v) is 3.30. The number of rotatable bonds is 3. The van der Waals surface area contributed by atoms with Crippen molar-refractivity contribution >= 4 is 0 Å². The van der Waals surface area contributed by atoms with Crippen molar-refractivity contribution in [1.29, 1.82) is 5.26 Å². The highest BCUT2D eigenvalue weighted by molar-refractivity contribution is 5.55. The van der Waals surface area contributed by atoms with Gasteiger partial charge in [0.2, 0.25) is 5.82 Å².